The van der Waals surface area contributed by atoms with Gasteiger partial charge in [0.05, 0.1) is 17.9 Å². The van der Waals surface area contributed by atoms with Gasteiger partial charge in [0.25, 0.3) is 0 Å². The molecule has 1 N–H and O–H groups in total. The highest BCUT2D eigenvalue weighted by molar-refractivity contribution is 9.10. The molecule has 1 aliphatic heterocycles. The van der Waals surface area contributed by atoms with Gasteiger partial charge in [-0.3, -0.25) is 4.79 Å². The second kappa shape index (κ2) is 5.40. The predicted octanol–water partition coefficient (Wildman–Crippen LogP) is 1.29. The Morgan fingerprint density at radius 3 is 2.56 bits per heavy atom. The summed E-state index contributed by atoms with van der Waals surface area (Å²) in [5.41, 5.74) is 0.913. The van der Waals surface area contributed by atoms with E-state index in [1.807, 2.05) is 24.3 Å². The van der Waals surface area contributed by atoms with E-state index in [-0.39, 0.29) is 29.9 Å². The van der Waals surface area contributed by atoms with E-state index in [2.05, 4.69) is 21.2 Å². The minimum atomic E-state index is -2.94. The van der Waals surface area contributed by atoms with E-state index in [0.29, 0.717) is 6.42 Å². The van der Waals surface area contributed by atoms with Crippen molar-refractivity contribution in [3.05, 3.63) is 34.3 Å². The van der Waals surface area contributed by atoms with Crippen LogP contribution in [0.4, 0.5) is 0 Å². The Hall–Kier alpha value is -0.880. The number of hydrogen-bond donors (Lipinski definition) is 1. The van der Waals surface area contributed by atoms with Gasteiger partial charge in [0, 0.05) is 10.5 Å². The summed E-state index contributed by atoms with van der Waals surface area (Å²) in [5.74, 6) is 0.120. The van der Waals surface area contributed by atoms with Gasteiger partial charge in [-0.2, -0.15) is 0 Å². The Kier molecular flexibility index (Phi) is 4.07. The third-order valence-corrected chi connectivity index (χ3v) is 5.17. The Morgan fingerprint density at radius 2 is 2.00 bits per heavy atom. The molecule has 2 rings (SSSR count). The molecule has 0 radical (unpaired) electrons. The highest BCUT2D eigenvalue weighted by Gasteiger charge is 2.28. The lowest BCUT2D eigenvalue weighted by Crippen LogP contribution is -2.36. The van der Waals surface area contributed by atoms with Crippen LogP contribution in [0, 0.1) is 0 Å². The molecule has 1 saturated heterocycles. The van der Waals surface area contributed by atoms with Gasteiger partial charge in [0.2, 0.25) is 5.91 Å². The number of amides is 1. The van der Waals surface area contributed by atoms with E-state index in [4.69, 9.17) is 0 Å². The molecule has 4 nitrogen and oxygen atoms in total. The van der Waals surface area contributed by atoms with Crippen molar-refractivity contribution in [2.45, 2.75) is 18.9 Å². The van der Waals surface area contributed by atoms with Gasteiger partial charge in [0.1, 0.15) is 0 Å². The minimum absolute atomic E-state index is 0.0685. The summed E-state index contributed by atoms with van der Waals surface area (Å²) < 4.78 is 23.5. The maximum Gasteiger partial charge on any atom is 0.224 e. The van der Waals surface area contributed by atoms with Crippen LogP contribution in [0.25, 0.3) is 0 Å². The fraction of sp³-hybridized carbons (Fsp3) is 0.417. The molecule has 1 aromatic carbocycles. The molecule has 18 heavy (non-hydrogen) atoms. The summed E-state index contributed by atoms with van der Waals surface area (Å²) in [5, 5.41) is 2.77. The van der Waals surface area contributed by atoms with Crippen LogP contribution >= 0.6 is 15.9 Å². The molecule has 1 heterocycles. The van der Waals surface area contributed by atoms with Crippen molar-refractivity contribution < 1.29 is 13.2 Å². The lowest BCUT2D eigenvalue weighted by atomic mass is 10.1. The van der Waals surface area contributed by atoms with Crippen molar-refractivity contribution >= 4 is 31.7 Å². The second-order valence-electron chi connectivity index (χ2n) is 4.47. The first-order chi connectivity index (χ1) is 8.44. The van der Waals surface area contributed by atoms with Crippen LogP contribution in [-0.4, -0.2) is 31.9 Å². The molecule has 0 aliphatic carbocycles. The number of benzene rings is 1. The molecule has 98 valence electrons. The first-order valence-electron chi connectivity index (χ1n) is 5.69. The van der Waals surface area contributed by atoms with Crippen molar-refractivity contribution in [1.82, 2.24) is 5.32 Å². The zero-order valence-corrected chi connectivity index (χ0v) is 12.1. The molecule has 1 aromatic rings. The first kappa shape index (κ1) is 13.5. The molecule has 0 aromatic heterocycles. The Bertz CT molecular complexity index is 539. The monoisotopic (exact) mass is 331 g/mol. The van der Waals surface area contributed by atoms with Gasteiger partial charge in [-0.1, -0.05) is 28.1 Å². The number of sulfone groups is 1. The molecule has 1 amide bonds. The summed E-state index contributed by atoms with van der Waals surface area (Å²) >= 11 is 3.33. The second-order valence-corrected chi connectivity index (χ2v) is 7.62. The van der Waals surface area contributed by atoms with Crippen LogP contribution in [-0.2, 0) is 21.1 Å². The first-order valence-corrected chi connectivity index (χ1v) is 8.30. The molecular formula is C12H14BrNO3S. The Morgan fingerprint density at radius 1 is 1.33 bits per heavy atom. The number of carbonyl (C=O) groups is 1. The van der Waals surface area contributed by atoms with Crippen molar-refractivity contribution in [1.29, 1.82) is 0 Å². The maximum atomic E-state index is 11.7. The van der Waals surface area contributed by atoms with Crippen LogP contribution in [0.5, 0.6) is 0 Å². The van der Waals surface area contributed by atoms with Gasteiger partial charge in [-0.15, -0.1) is 0 Å². The third kappa shape index (κ3) is 3.81. The molecule has 6 heteroatoms. The normalized spacial score (nSPS) is 21.7. The van der Waals surface area contributed by atoms with E-state index < -0.39 is 9.84 Å². The topological polar surface area (TPSA) is 63.2 Å². The van der Waals surface area contributed by atoms with Crippen LogP contribution in [0.2, 0.25) is 0 Å². The number of rotatable bonds is 3. The van der Waals surface area contributed by atoms with Crippen LogP contribution in [0.3, 0.4) is 0 Å². The van der Waals surface area contributed by atoms with E-state index in [1.165, 1.54) is 0 Å². The van der Waals surface area contributed by atoms with E-state index >= 15 is 0 Å². The van der Waals surface area contributed by atoms with Gasteiger partial charge in [0.15, 0.2) is 9.84 Å². The Balaban J connectivity index is 1.88. The number of hydrogen-bond acceptors (Lipinski definition) is 3. The van der Waals surface area contributed by atoms with Gasteiger partial charge >= 0.3 is 0 Å². The van der Waals surface area contributed by atoms with E-state index in [1.54, 1.807) is 0 Å². The van der Waals surface area contributed by atoms with Crippen molar-refractivity contribution in [3.63, 3.8) is 0 Å². The molecule has 1 fully saturated rings. The molecular weight excluding hydrogens is 318 g/mol. The van der Waals surface area contributed by atoms with Crippen LogP contribution in [0.1, 0.15) is 12.0 Å². The zero-order valence-electron chi connectivity index (χ0n) is 9.73. The van der Waals surface area contributed by atoms with Gasteiger partial charge in [-0.25, -0.2) is 8.42 Å². The molecule has 1 atom stereocenters. The summed E-state index contributed by atoms with van der Waals surface area (Å²) in [6.07, 6.45) is 0.804. The highest BCUT2D eigenvalue weighted by atomic mass is 79.9. The quantitative estimate of drug-likeness (QED) is 0.907. The lowest BCUT2D eigenvalue weighted by Gasteiger charge is -2.10. The predicted molar refractivity (Wildman–Crippen MR) is 73.0 cm³/mol. The summed E-state index contributed by atoms with van der Waals surface area (Å²) in [7, 11) is -2.94. The fourth-order valence-corrected chi connectivity index (χ4v) is 3.91. The summed E-state index contributed by atoms with van der Waals surface area (Å²) in [6.45, 7) is 0. The van der Waals surface area contributed by atoms with E-state index in [9.17, 15) is 13.2 Å². The van der Waals surface area contributed by atoms with Crippen molar-refractivity contribution in [2.24, 2.45) is 0 Å². The largest absolute Gasteiger partial charge is 0.352 e. The average molecular weight is 332 g/mol. The molecule has 0 saturated carbocycles. The minimum Gasteiger partial charge on any atom is -0.352 e. The lowest BCUT2D eigenvalue weighted by molar-refractivity contribution is -0.120. The molecule has 1 unspecified atom stereocenters. The summed E-state index contributed by atoms with van der Waals surface area (Å²) in [4.78, 5) is 11.7. The standard InChI is InChI=1S/C12H14BrNO3S/c13-10-3-1-9(2-4-10)7-12(15)14-11-5-6-18(16,17)8-11/h1-4,11H,5-8H2,(H,14,15). The smallest absolute Gasteiger partial charge is 0.224 e. The molecule has 0 bridgehead atoms. The number of halogens is 1. The molecule has 0 spiro atoms. The van der Waals surface area contributed by atoms with Gasteiger partial charge < -0.3 is 5.32 Å². The Labute approximate surface area is 115 Å². The average Bonchev–Trinajstić information content (AvgIpc) is 2.61. The highest BCUT2D eigenvalue weighted by Crippen LogP contribution is 2.13. The fourth-order valence-electron chi connectivity index (χ4n) is 1.98. The zero-order chi connectivity index (χ0) is 13.2. The van der Waals surface area contributed by atoms with Gasteiger partial charge in [-0.05, 0) is 24.1 Å². The summed E-state index contributed by atoms with van der Waals surface area (Å²) in [6, 6.07) is 7.27. The van der Waals surface area contributed by atoms with Crippen molar-refractivity contribution in [3.8, 4) is 0 Å². The SMILES string of the molecule is O=C(Cc1ccc(Br)cc1)NC1CCS(=O)(=O)C1. The van der Waals surface area contributed by atoms with Crippen LogP contribution in [0.15, 0.2) is 28.7 Å². The number of nitrogens with one attached hydrogen (secondary N) is 1. The van der Waals surface area contributed by atoms with Crippen LogP contribution < -0.4 is 5.32 Å². The molecule has 1 aliphatic rings. The number of carbonyl (C=O) groups excluding carboxylic acids is 1. The van der Waals surface area contributed by atoms with E-state index in [0.717, 1.165) is 10.0 Å². The van der Waals surface area contributed by atoms with Crippen molar-refractivity contribution in [2.75, 3.05) is 11.5 Å². The third-order valence-electron chi connectivity index (χ3n) is 2.88. The maximum absolute atomic E-state index is 11.7.